The van der Waals surface area contributed by atoms with Gasteiger partial charge in [-0.3, -0.25) is 9.48 Å². The van der Waals surface area contributed by atoms with E-state index in [9.17, 15) is 4.79 Å². The summed E-state index contributed by atoms with van der Waals surface area (Å²) < 4.78 is 1.85. The minimum absolute atomic E-state index is 0.450. The highest BCUT2D eigenvalue weighted by Gasteiger charge is 2.23. The molecule has 0 radical (unpaired) electrons. The summed E-state index contributed by atoms with van der Waals surface area (Å²) in [4.78, 5) is 11.9. The largest absolute Gasteiger partial charge is 0.366 e. The van der Waals surface area contributed by atoms with E-state index in [1.165, 1.54) is 24.0 Å². The summed E-state index contributed by atoms with van der Waals surface area (Å²) in [6.45, 7) is 2.40. The van der Waals surface area contributed by atoms with Crippen LogP contribution in [-0.4, -0.2) is 15.7 Å². The van der Waals surface area contributed by atoms with Crippen molar-refractivity contribution < 1.29 is 4.79 Å². The first-order valence-electron chi connectivity index (χ1n) is 8.47. The van der Waals surface area contributed by atoms with Crippen LogP contribution in [-0.2, 0) is 6.54 Å². The van der Waals surface area contributed by atoms with E-state index in [0.717, 1.165) is 16.5 Å². The molecule has 1 saturated carbocycles. The number of hydrogen-bond donors (Lipinski definition) is 1. The van der Waals surface area contributed by atoms with Crippen LogP contribution in [0, 0.1) is 11.8 Å². The van der Waals surface area contributed by atoms with Crippen molar-refractivity contribution >= 4 is 16.8 Å². The average molecular weight is 329 g/mol. The van der Waals surface area contributed by atoms with Crippen LogP contribution in [0.1, 0.15) is 52.7 Å². The van der Waals surface area contributed by atoms with Crippen molar-refractivity contribution in [1.82, 2.24) is 9.78 Å². The monoisotopic (exact) mass is 329 g/mol. The second-order valence-electron chi connectivity index (χ2n) is 6.48. The van der Waals surface area contributed by atoms with Gasteiger partial charge in [-0.2, -0.15) is 5.10 Å². The van der Waals surface area contributed by atoms with Gasteiger partial charge in [0.1, 0.15) is 0 Å². The first-order chi connectivity index (χ1) is 12.2. The minimum atomic E-state index is -0.450. The summed E-state index contributed by atoms with van der Waals surface area (Å²) in [5.74, 6) is 6.24. The van der Waals surface area contributed by atoms with E-state index in [2.05, 4.69) is 41.2 Å². The molecular weight excluding hydrogens is 310 g/mol. The van der Waals surface area contributed by atoms with Crippen molar-refractivity contribution in [1.29, 1.82) is 0 Å². The standard InChI is InChI=1S/C21H19N3O/c1-2-4-16-9-10-18(21(22)25)20-19(16)12-23-24(20)13-14-5-3-6-17(11-14)15-7-8-15/h3,5-6,9-12,15H,7-8,13H2,1H3,(H2,22,25). The number of aromatic nitrogens is 2. The topological polar surface area (TPSA) is 60.9 Å². The molecular formula is C21H19N3O. The number of nitrogens with two attached hydrogens (primary N) is 1. The average Bonchev–Trinajstić information content (AvgIpc) is 3.38. The van der Waals surface area contributed by atoms with Gasteiger partial charge in [0, 0.05) is 10.9 Å². The molecule has 1 aromatic heterocycles. The third kappa shape index (κ3) is 2.89. The van der Waals surface area contributed by atoms with E-state index in [1.54, 1.807) is 19.2 Å². The molecule has 1 amide bonds. The summed E-state index contributed by atoms with van der Waals surface area (Å²) in [5, 5.41) is 5.37. The number of hydrogen-bond acceptors (Lipinski definition) is 2. The minimum Gasteiger partial charge on any atom is -0.366 e. The summed E-state index contributed by atoms with van der Waals surface area (Å²) in [5.41, 5.74) is 10.2. The molecule has 0 bridgehead atoms. The molecule has 2 N–H and O–H groups in total. The van der Waals surface area contributed by atoms with Gasteiger partial charge < -0.3 is 5.73 Å². The van der Waals surface area contributed by atoms with Crippen molar-refractivity contribution in [3.05, 3.63) is 64.8 Å². The van der Waals surface area contributed by atoms with E-state index in [-0.39, 0.29) is 0 Å². The molecule has 4 rings (SSSR count). The number of fused-ring (bicyclic) bond motifs is 1. The number of carbonyl (C=O) groups excluding carboxylic acids is 1. The van der Waals surface area contributed by atoms with Crippen molar-refractivity contribution in [2.75, 3.05) is 0 Å². The molecule has 124 valence electrons. The van der Waals surface area contributed by atoms with Crippen LogP contribution >= 0.6 is 0 Å². The molecule has 1 aliphatic carbocycles. The highest BCUT2D eigenvalue weighted by molar-refractivity contribution is 6.06. The number of benzene rings is 2. The Hall–Kier alpha value is -3.06. The van der Waals surface area contributed by atoms with Crippen LogP contribution in [0.15, 0.2) is 42.6 Å². The molecule has 4 heteroatoms. The molecule has 0 spiro atoms. The molecule has 1 aliphatic rings. The molecule has 25 heavy (non-hydrogen) atoms. The summed E-state index contributed by atoms with van der Waals surface area (Å²) >= 11 is 0. The zero-order chi connectivity index (χ0) is 17.4. The Morgan fingerprint density at radius 2 is 2.16 bits per heavy atom. The van der Waals surface area contributed by atoms with Crippen LogP contribution in [0.25, 0.3) is 10.9 Å². The number of amides is 1. The van der Waals surface area contributed by atoms with Gasteiger partial charge in [0.25, 0.3) is 5.91 Å². The Bertz CT molecular complexity index is 1030. The van der Waals surface area contributed by atoms with Crippen molar-refractivity contribution in [2.45, 2.75) is 32.2 Å². The van der Waals surface area contributed by atoms with E-state index < -0.39 is 5.91 Å². The van der Waals surface area contributed by atoms with Crippen LogP contribution in [0.4, 0.5) is 0 Å². The number of nitrogens with zero attached hydrogens (tertiary/aromatic N) is 2. The zero-order valence-corrected chi connectivity index (χ0v) is 14.1. The van der Waals surface area contributed by atoms with Gasteiger partial charge in [0.15, 0.2) is 0 Å². The van der Waals surface area contributed by atoms with E-state index in [0.29, 0.717) is 18.0 Å². The number of carbonyl (C=O) groups is 1. The summed E-state index contributed by atoms with van der Waals surface area (Å²) in [6.07, 6.45) is 4.32. The third-order valence-corrected chi connectivity index (χ3v) is 4.66. The van der Waals surface area contributed by atoms with Crippen molar-refractivity contribution in [3.63, 3.8) is 0 Å². The molecule has 0 unspecified atom stereocenters. The Labute approximate surface area is 146 Å². The molecule has 0 aliphatic heterocycles. The lowest BCUT2D eigenvalue weighted by Crippen LogP contribution is -2.14. The number of primary amides is 1. The molecule has 1 heterocycles. The van der Waals surface area contributed by atoms with Crippen LogP contribution in [0.2, 0.25) is 0 Å². The van der Waals surface area contributed by atoms with E-state index in [1.807, 2.05) is 10.7 Å². The lowest BCUT2D eigenvalue weighted by Gasteiger charge is -2.09. The Morgan fingerprint density at radius 3 is 2.88 bits per heavy atom. The highest BCUT2D eigenvalue weighted by Crippen LogP contribution is 2.40. The molecule has 2 aromatic carbocycles. The maximum absolute atomic E-state index is 11.9. The van der Waals surface area contributed by atoms with Gasteiger partial charge in [-0.15, -0.1) is 5.92 Å². The second-order valence-corrected chi connectivity index (χ2v) is 6.48. The molecule has 0 saturated heterocycles. The normalized spacial score (nSPS) is 13.5. The number of rotatable bonds is 4. The maximum atomic E-state index is 11.9. The van der Waals surface area contributed by atoms with Crippen molar-refractivity contribution in [2.24, 2.45) is 5.73 Å². The first kappa shape index (κ1) is 15.5. The van der Waals surface area contributed by atoms with Crippen LogP contribution < -0.4 is 5.73 Å². The zero-order valence-electron chi connectivity index (χ0n) is 14.1. The molecule has 0 atom stereocenters. The predicted molar refractivity (Wildman–Crippen MR) is 98.3 cm³/mol. The smallest absolute Gasteiger partial charge is 0.250 e. The van der Waals surface area contributed by atoms with Gasteiger partial charge >= 0.3 is 0 Å². The lowest BCUT2D eigenvalue weighted by atomic mass is 10.0. The van der Waals surface area contributed by atoms with Gasteiger partial charge in [0.05, 0.1) is 23.8 Å². The van der Waals surface area contributed by atoms with Crippen molar-refractivity contribution in [3.8, 4) is 11.8 Å². The van der Waals surface area contributed by atoms with Gasteiger partial charge in [-0.25, -0.2) is 0 Å². The van der Waals surface area contributed by atoms with Crippen LogP contribution in [0.5, 0.6) is 0 Å². The van der Waals surface area contributed by atoms with Gasteiger partial charge in [0.2, 0.25) is 0 Å². The Kier molecular flexibility index (Phi) is 3.77. The summed E-state index contributed by atoms with van der Waals surface area (Å²) in [6, 6.07) is 12.2. The fourth-order valence-corrected chi connectivity index (χ4v) is 3.30. The van der Waals surface area contributed by atoms with Crippen LogP contribution in [0.3, 0.4) is 0 Å². The fourth-order valence-electron chi connectivity index (χ4n) is 3.30. The Morgan fingerprint density at radius 1 is 1.32 bits per heavy atom. The SMILES string of the molecule is CC#Cc1ccc(C(N)=O)c2c1cnn2Cc1cccc(C2CC2)c1. The summed E-state index contributed by atoms with van der Waals surface area (Å²) in [7, 11) is 0. The third-order valence-electron chi connectivity index (χ3n) is 4.66. The predicted octanol–water partition coefficient (Wildman–Crippen LogP) is 3.43. The fraction of sp³-hybridized carbons (Fsp3) is 0.238. The van der Waals surface area contributed by atoms with Gasteiger partial charge in [-0.05, 0) is 48.9 Å². The highest BCUT2D eigenvalue weighted by atomic mass is 16.1. The first-order valence-corrected chi connectivity index (χ1v) is 8.47. The van der Waals surface area contributed by atoms with Gasteiger partial charge in [-0.1, -0.05) is 30.2 Å². The van der Waals surface area contributed by atoms with E-state index >= 15 is 0 Å². The lowest BCUT2D eigenvalue weighted by molar-refractivity contribution is 0.100. The molecule has 3 aromatic rings. The molecule has 4 nitrogen and oxygen atoms in total. The maximum Gasteiger partial charge on any atom is 0.250 e. The second kappa shape index (κ2) is 6.10. The quantitative estimate of drug-likeness (QED) is 0.745. The van der Waals surface area contributed by atoms with E-state index in [4.69, 9.17) is 5.73 Å². The molecule has 1 fully saturated rings. The Balaban J connectivity index is 1.81.